The minimum absolute atomic E-state index is 0.649. The van der Waals surface area contributed by atoms with Gasteiger partial charge in [-0.3, -0.25) is 4.90 Å². The first-order chi connectivity index (χ1) is 8.65. The number of fused-ring (bicyclic) bond motifs is 1. The SMILES string of the molecule is CC(C)CN(C1CC1)C1CCc2cc(N)ccc21. The minimum Gasteiger partial charge on any atom is -0.399 e. The number of aryl methyl sites for hydroxylation is 1. The van der Waals surface area contributed by atoms with Crippen LogP contribution in [0, 0.1) is 5.92 Å². The van der Waals surface area contributed by atoms with Crippen LogP contribution in [0.5, 0.6) is 0 Å². The van der Waals surface area contributed by atoms with Crippen molar-refractivity contribution in [1.29, 1.82) is 0 Å². The fourth-order valence-electron chi connectivity index (χ4n) is 3.32. The summed E-state index contributed by atoms with van der Waals surface area (Å²) >= 11 is 0. The zero-order chi connectivity index (χ0) is 12.7. The molecule has 1 atom stereocenters. The Kier molecular flexibility index (Phi) is 3.06. The number of anilines is 1. The normalized spacial score (nSPS) is 22.8. The predicted molar refractivity (Wildman–Crippen MR) is 76.5 cm³/mol. The summed E-state index contributed by atoms with van der Waals surface area (Å²) in [6.07, 6.45) is 5.27. The molecule has 1 unspecified atom stereocenters. The Hall–Kier alpha value is -1.02. The van der Waals surface area contributed by atoms with Gasteiger partial charge < -0.3 is 5.73 Å². The van der Waals surface area contributed by atoms with Gasteiger partial charge in [-0.05, 0) is 54.9 Å². The van der Waals surface area contributed by atoms with E-state index in [-0.39, 0.29) is 0 Å². The number of hydrogen-bond donors (Lipinski definition) is 1. The molecule has 0 radical (unpaired) electrons. The summed E-state index contributed by atoms with van der Waals surface area (Å²) in [6, 6.07) is 8.00. The highest BCUT2D eigenvalue weighted by Gasteiger charge is 2.37. The van der Waals surface area contributed by atoms with Gasteiger partial charge in [0.1, 0.15) is 0 Å². The summed E-state index contributed by atoms with van der Waals surface area (Å²) in [5.74, 6) is 0.753. The van der Waals surface area contributed by atoms with Gasteiger partial charge in [0.15, 0.2) is 0 Å². The molecule has 1 aromatic carbocycles. The van der Waals surface area contributed by atoms with Crippen molar-refractivity contribution in [3.8, 4) is 0 Å². The van der Waals surface area contributed by atoms with E-state index in [9.17, 15) is 0 Å². The number of nitrogen functional groups attached to an aromatic ring is 1. The maximum atomic E-state index is 5.89. The van der Waals surface area contributed by atoms with Crippen molar-refractivity contribution in [2.75, 3.05) is 12.3 Å². The van der Waals surface area contributed by atoms with Crippen LogP contribution < -0.4 is 5.73 Å². The molecule has 0 amide bonds. The van der Waals surface area contributed by atoms with Crippen LogP contribution in [0.3, 0.4) is 0 Å². The summed E-state index contributed by atoms with van der Waals surface area (Å²) in [7, 11) is 0. The first-order valence-electron chi connectivity index (χ1n) is 7.29. The number of nitrogens with two attached hydrogens (primary N) is 1. The Bertz CT molecular complexity index is 435. The third-order valence-corrected chi connectivity index (χ3v) is 4.21. The molecule has 1 fully saturated rings. The van der Waals surface area contributed by atoms with Gasteiger partial charge in [0.2, 0.25) is 0 Å². The molecule has 3 rings (SSSR count). The zero-order valence-electron chi connectivity index (χ0n) is 11.5. The van der Waals surface area contributed by atoms with E-state index < -0.39 is 0 Å². The van der Waals surface area contributed by atoms with Crippen LogP contribution in [0.15, 0.2) is 18.2 Å². The van der Waals surface area contributed by atoms with Crippen LogP contribution in [0.4, 0.5) is 5.69 Å². The monoisotopic (exact) mass is 244 g/mol. The molecule has 0 saturated heterocycles. The highest BCUT2D eigenvalue weighted by Crippen LogP contribution is 2.42. The van der Waals surface area contributed by atoms with E-state index in [0.29, 0.717) is 6.04 Å². The zero-order valence-corrected chi connectivity index (χ0v) is 11.5. The molecule has 18 heavy (non-hydrogen) atoms. The van der Waals surface area contributed by atoms with Gasteiger partial charge in [-0.15, -0.1) is 0 Å². The second-order valence-electron chi connectivity index (χ2n) is 6.33. The molecule has 0 bridgehead atoms. The Morgan fingerprint density at radius 2 is 2.06 bits per heavy atom. The van der Waals surface area contributed by atoms with Gasteiger partial charge in [0.25, 0.3) is 0 Å². The van der Waals surface area contributed by atoms with Crippen LogP contribution in [-0.4, -0.2) is 17.5 Å². The maximum Gasteiger partial charge on any atom is 0.0357 e. The third-order valence-electron chi connectivity index (χ3n) is 4.21. The predicted octanol–water partition coefficient (Wildman–Crippen LogP) is 3.38. The van der Waals surface area contributed by atoms with E-state index in [0.717, 1.165) is 17.6 Å². The van der Waals surface area contributed by atoms with Gasteiger partial charge in [-0.1, -0.05) is 19.9 Å². The van der Waals surface area contributed by atoms with E-state index >= 15 is 0 Å². The molecule has 0 aromatic heterocycles. The van der Waals surface area contributed by atoms with Crippen LogP contribution in [-0.2, 0) is 6.42 Å². The fourth-order valence-corrected chi connectivity index (χ4v) is 3.32. The number of nitrogens with zero attached hydrogens (tertiary/aromatic N) is 1. The first kappa shape index (κ1) is 12.0. The lowest BCUT2D eigenvalue weighted by atomic mass is 10.0. The standard InChI is InChI=1S/C16H24N2/c1-11(2)10-18(14-5-6-14)16-8-3-12-9-13(17)4-7-15(12)16/h4,7,9,11,14,16H,3,5-6,8,10,17H2,1-2H3. The number of benzene rings is 1. The number of rotatable bonds is 4. The Morgan fingerprint density at radius 1 is 1.28 bits per heavy atom. The lowest BCUT2D eigenvalue weighted by molar-refractivity contribution is 0.165. The van der Waals surface area contributed by atoms with E-state index in [1.165, 1.54) is 43.4 Å². The highest BCUT2D eigenvalue weighted by molar-refractivity contribution is 5.47. The van der Waals surface area contributed by atoms with Crippen molar-refractivity contribution < 1.29 is 0 Å². The molecular weight excluding hydrogens is 220 g/mol. The van der Waals surface area contributed by atoms with Gasteiger partial charge in [0, 0.05) is 24.3 Å². The van der Waals surface area contributed by atoms with Gasteiger partial charge in [0.05, 0.1) is 0 Å². The summed E-state index contributed by atoms with van der Waals surface area (Å²) in [4.78, 5) is 2.76. The molecule has 0 spiro atoms. The van der Waals surface area contributed by atoms with Crippen LogP contribution >= 0.6 is 0 Å². The van der Waals surface area contributed by atoms with Crippen molar-refractivity contribution in [1.82, 2.24) is 4.90 Å². The van der Waals surface area contributed by atoms with Crippen LogP contribution in [0.1, 0.15) is 50.3 Å². The van der Waals surface area contributed by atoms with Crippen molar-refractivity contribution in [2.45, 2.75) is 51.6 Å². The maximum absolute atomic E-state index is 5.89. The van der Waals surface area contributed by atoms with Crippen molar-refractivity contribution in [2.24, 2.45) is 5.92 Å². The molecule has 0 heterocycles. The van der Waals surface area contributed by atoms with Gasteiger partial charge in [-0.2, -0.15) is 0 Å². The largest absolute Gasteiger partial charge is 0.399 e. The molecular formula is C16H24N2. The third kappa shape index (κ3) is 2.26. The average Bonchev–Trinajstić information content (AvgIpc) is 3.07. The first-order valence-corrected chi connectivity index (χ1v) is 7.29. The Labute approximate surface area is 110 Å². The van der Waals surface area contributed by atoms with Gasteiger partial charge in [-0.25, -0.2) is 0 Å². The molecule has 0 aliphatic heterocycles. The molecule has 2 nitrogen and oxygen atoms in total. The molecule has 2 heteroatoms. The highest BCUT2D eigenvalue weighted by atomic mass is 15.2. The molecule has 2 N–H and O–H groups in total. The van der Waals surface area contributed by atoms with E-state index in [1.54, 1.807) is 0 Å². The smallest absolute Gasteiger partial charge is 0.0357 e. The average molecular weight is 244 g/mol. The van der Waals surface area contributed by atoms with E-state index in [2.05, 4.69) is 36.9 Å². The summed E-state index contributed by atoms with van der Waals surface area (Å²) < 4.78 is 0. The fraction of sp³-hybridized carbons (Fsp3) is 0.625. The Morgan fingerprint density at radius 3 is 2.72 bits per heavy atom. The number of hydrogen-bond acceptors (Lipinski definition) is 2. The summed E-state index contributed by atoms with van der Waals surface area (Å²) in [5.41, 5.74) is 9.82. The topological polar surface area (TPSA) is 29.3 Å². The second kappa shape index (κ2) is 4.58. The van der Waals surface area contributed by atoms with E-state index in [1.807, 2.05) is 0 Å². The summed E-state index contributed by atoms with van der Waals surface area (Å²) in [5, 5.41) is 0. The molecule has 1 aromatic rings. The van der Waals surface area contributed by atoms with E-state index in [4.69, 9.17) is 5.73 Å². The molecule has 2 aliphatic rings. The quantitative estimate of drug-likeness (QED) is 0.823. The molecule has 98 valence electrons. The van der Waals surface area contributed by atoms with Crippen molar-refractivity contribution >= 4 is 5.69 Å². The lowest BCUT2D eigenvalue weighted by Gasteiger charge is -2.31. The second-order valence-corrected chi connectivity index (χ2v) is 6.33. The van der Waals surface area contributed by atoms with Crippen LogP contribution in [0.25, 0.3) is 0 Å². The molecule has 2 aliphatic carbocycles. The van der Waals surface area contributed by atoms with Gasteiger partial charge >= 0.3 is 0 Å². The molecule has 1 saturated carbocycles. The van der Waals surface area contributed by atoms with Crippen molar-refractivity contribution in [3.05, 3.63) is 29.3 Å². The van der Waals surface area contributed by atoms with Crippen molar-refractivity contribution in [3.63, 3.8) is 0 Å². The lowest BCUT2D eigenvalue weighted by Crippen LogP contribution is -2.33. The minimum atomic E-state index is 0.649. The Balaban J connectivity index is 1.84. The van der Waals surface area contributed by atoms with Crippen LogP contribution in [0.2, 0.25) is 0 Å². The summed E-state index contributed by atoms with van der Waals surface area (Å²) in [6.45, 7) is 5.89.